The third-order valence-electron chi connectivity index (χ3n) is 5.13. The number of aryl methyl sites for hydroxylation is 2. The molecule has 1 aliphatic carbocycles. The number of H-pyrrole nitrogens is 1. The first-order valence-electron chi connectivity index (χ1n) is 9.36. The van der Waals surface area contributed by atoms with Gasteiger partial charge in [-0.2, -0.15) is 0 Å². The molecule has 0 amide bonds. The van der Waals surface area contributed by atoms with Gasteiger partial charge in [0.25, 0.3) is 5.56 Å². The van der Waals surface area contributed by atoms with Crippen LogP contribution in [0.5, 0.6) is 0 Å². The molecule has 0 saturated carbocycles. The maximum atomic E-state index is 12.7. The Morgan fingerprint density at radius 3 is 2.85 bits per heavy atom. The summed E-state index contributed by atoms with van der Waals surface area (Å²) in [6.07, 6.45) is 4.50. The zero-order valence-electron chi connectivity index (χ0n) is 15.2. The molecular formula is C20H21N4OS2+. The topological polar surface area (TPSA) is 63.1 Å². The van der Waals surface area contributed by atoms with E-state index in [0.29, 0.717) is 6.54 Å². The van der Waals surface area contributed by atoms with Gasteiger partial charge in [0.15, 0.2) is 5.82 Å². The Hall–Kier alpha value is -2.09. The van der Waals surface area contributed by atoms with Crippen LogP contribution >= 0.6 is 22.7 Å². The predicted molar refractivity (Wildman–Crippen MR) is 111 cm³/mol. The third-order valence-corrected chi connectivity index (χ3v) is 7.36. The van der Waals surface area contributed by atoms with Crippen molar-refractivity contribution in [1.29, 1.82) is 0 Å². The van der Waals surface area contributed by atoms with E-state index < -0.39 is 0 Å². The van der Waals surface area contributed by atoms with Gasteiger partial charge >= 0.3 is 0 Å². The normalized spacial score (nSPS) is 15.3. The number of nitrogens with one attached hydrogen (secondary N) is 2. The molecule has 0 spiro atoms. The number of quaternary nitrogens is 1. The summed E-state index contributed by atoms with van der Waals surface area (Å²) in [5.41, 5.74) is 2.33. The van der Waals surface area contributed by atoms with Crippen LogP contribution in [-0.4, -0.2) is 22.0 Å². The Balaban J connectivity index is 1.39. The van der Waals surface area contributed by atoms with Gasteiger partial charge in [0.05, 0.1) is 22.7 Å². The van der Waals surface area contributed by atoms with Crippen molar-refractivity contribution < 1.29 is 4.90 Å². The second-order valence-electron chi connectivity index (χ2n) is 7.29. The molecule has 1 atom stereocenters. The number of aromatic nitrogens is 3. The molecule has 7 heteroatoms. The Bertz CT molecular complexity index is 1160. The van der Waals surface area contributed by atoms with Gasteiger partial charge in [-0.05, 0) is 43.4 Å². The molecule has 0 fully saturated rings. The monoisotopic (exact) mass is 397 g/mol. The lowest BCUT2D eigenvalue weighted by molar-refractivity contribution is -0.908. The average molecular weight is 398 g/mol. The van der Waals surface area contributed by atoms with Crippen molar-refractivity contribution in [3.05, 3.63) is 55.9 Å². The Morgan fingerprint density at radius 1 is 1.11 bits per heavy atom. The number of thiazole rings is 1. The number of hydrogen-bond acceptors (Lipinski definition) is 5. The van der Waals surface area contributed by atoms with Gasteiger partial charge in [0.2, 0.25) is 0 Å². The summed E-state index contributed by atoms with van der Waals surface area (Å²) < 4.78 is 1.22. The highest BCUT2D eigenvalue weighted by molar-refractivity contribution is 7.19. The quantitative estimate of drug-likeness (QED) is 0.557. The zero-order chi connectivity index (χ0) is 18.4. The minimum Gasteiger partial charge on any atom is -0.325 e. The summed E-state index contributed by atoms with van der Waals surface area (Å²) >= 11 is 3.45. The van der Waals surface area contributed by atoms with Crippen LogP contribution in [0.1, 0.15) is 34.1 Å². The van der Waals surface area contributed by atoms with Gasteiger partial charge in [-0.3, -0.25) is 4.79 Å². The van der Waals surface area contributed by atoms with Crippen molar-refractivity contribution in [2.45, 2.75) is 38.8 Å². The zero-order valence-corrected chi connectivity index (χ0v) is 16.8. The van der Waals surface area contributed by atoms with Gasteiger partial charge < -0.3 is 9.88 Å². The van der Waals surface area contributed by atoms with Gasteiger partial charge in [0, 0.05) is 4.88 Å². The van der Waals surface area contributed by atoms with E-state index in [1.165, 1.54) is 32.9 Å². The van der Waals surface area contributed by atoms with Crippen LogP contribution in [0.15, 0.2) is 29.1 Å². The number of benzene rings is 1. The smallest absolute Gasteiger partial charge is 0.260 e. The van der Waals surface area contributed by atoms with Gasteiger partial charge in [-0.15, -0.1) is 22.7 Å². The molecule has 1 unspecified atom stereocenters. The van der Waals surface area contributed by atoms with E-state index in [4.69, 9.17) is 9.97 Å². The number of aromatic amines is 1. The molecule has 0 saturated heterocycles. The van der Waals surface area contributed by atoms with E-state index in [0.717, 1.165) is 46.0 Å². The standard InChI is InChI=1S/C20H20N4OS2/c1-24(11-17-21-13-7-3-5-9-15(13)26-17)10-16-22-19(25)18-12-6-2-4-8-14(12)27-20(18)23-16/h3,5,7,9H,2,4,6,8,10-11H2,1H3,(H,22,23,25)/p+1. The van der Waals surface area contributed by atoms with Crippen molar-refractivity contribution >= 4 is 43.1 Å². The number of nitrogens with zero attached hydrogens (tertiary/aromatic N) is 2. The van der Waals surface area contributed by atoms with Crippen LogP contribution < -0.4 is 10.5 Å². The van der Waals surface area contributed by atoms with Crippen LogP contribution in [0.3, 0.4) is 0 Å². The first-order chi connectivity index (χ1) is 13.2. The minimum absolute atomic E-state index is 0.0298. The molecule has 0 bridgehead atoms. The second kappa shape index (κ2) is 6.82. The van der Waals surface area contributed by atoms with Crippen LogP contribution in [0.4, 0.5) is 0 Å². The molecule has 2 N–H and O–H groups in total. The lowest BCUT2D eigenvalue weighted by Crippen LogP contribution is -3.06. The van der Waals surface area contributed by atoms with E-state index >= 15 is 0 Å². The van der Waals surface area contributed by atoms with E-state index in [9.17, 15) is 4.79 Å². The maximum absolute atomic E-state index is 12.7. The Kier molecular flexibility index (Phi) is 4.30. The average Bonchev–Trinajstić information content (AvgIpc) is 3.21. The molecular weight excluding hydrogens is 376 g/mol. The molecule has 1 aromatic carbocycles. The van der Waals surface area contributed by atoms with Crippen LogP contribution in [0.2, 0.25) is 0 Å². The molecule has 4 aromatic rings. The van der Waals surface area contributed by atoms with Gasteiger partial charge in [-0.25, -0.2) is 9.97 Å². The largest absolute Gasteiger partial charge is 0.325 e. The van der Waals surface area contributed by atoms with Crippen molar-refractivity contribution in [2.24, 2.45) is 0 Å². The molecule has 0 radical (unpaired) electrons. The Labute approximate surface area is 164 Å². The summed E-state index contributed by atoms with van der Waals surface area (Å²) in [6, 6.07) is 8.23. The molecule has 3 aromatic heterocycles. The SMILES string of the molecule is C[NH+](Cc1nc2sc3c(c2c(=O)[nH]1)CCCC3)Cc1nc2ccccc2s1. The van der Waals surface area contributed by atoms with Crippen LogP contribution in [0.25, 0.3) is 20.4 Å². The van der Waals surface area contributed by atoms with E-state index in [1.807, 2.05) is 12.1 Å². The first-order valence-corrected chi connectivity index (χ1v) is 11.0. The first kappa shape index (κ1) is 17.0. The maximum Gasteiger partial charge on any atom is 0.260 e. The molecule has 27 heavy (non-hydrogen) atoms. The predicted octanol–water partition coefficient (Wildman–Crippen LogP) is 2.69. The number of rotatable bonds is 4. The number of para-hydroxylation sites is 1. The van der Waals surface area contributed by atoms with Gasteiger partial charge in [0.1, 0.15) is 22.9 Å². The summed E-state index contributed by atoms with van der Waals surface area (Å²) in [6.45, 7) is 1.51. The summed E-state index contributed by atoms with van der Waals surface area (Å²) in [7, 11) is 2.12. The third kappa shape index (κ3) is 3.20. The summed E-state index contributed by atoms with van der Waals surface area (Å²) in [5.74, 6) is 0.768. The highest BCUT2D eigenvalue weighted by atomic mass is 32.1. The number of fused-ring (bicyclic) bond motifs is 4. The fraction of sp³-hybridized carbons (Fsp3) is 0.350. The van der Waals surface area contributed by atoms with E-state index in [2.05, 4.69) is 24.2 Å². The van der Waals surface area contributed by atoms with Crippen LogP contribution in [-0.2, 0) is 25.9 Å². The highest BCUT2D eigenvalue weighted by Gasteiger charge is 2.20. The molecule has 1 aliphatic rings. The number of hydrogen-bond donors (Lipinski definition) is 2. The number of thiophene rings is 1. The lowest BCUT2D eigenvalue weighted by Gasteiger charge is -2.12. The highest BCUT2D eigenvalue weighted by Crippen LogP contribution is 2.33. The fourth-order valence-electron chi connectivity index (χ4n) is 3.89. The van der Waals surface area contributed by atoms with Crippen molar-refractivity contribution in [3.8, 4) is 0 Å². The van der Waals surface area contributed by atoms with E-state index in [-0.39, 0.29) is 5.56 Å². The second-order valence-corrected chi connectivity index (χ2v) is 9.49. The van der Waals surface area contributed by atoms with Gasteiger partial charge in [-0.1, -0.05) is 12.1 Å². The fourth-order valence-corrected chi connectivity index (χ4v) is 6.26. The summed E-state index contributed by atoms with van der Waals surface area (Å²) in [5, 5.41) is 1.95. The molecule has 5 rings (SSSR count). The minimum atomic E-state index is 0.0298. The summed E-state index contributed by atoms with van der Waals surface area (Å²) in [4.78, 5) is 28.8. The Morgan fingerprint density at radius 2 is 1.96 bits per heavy atom. The molecule has 5 nitrogen and oxygen atoms in total. The molecule has 3 heterocycles. The van der Waals surface area contributed by atoms with Crippen molar-refractivity contribution in [1.82, 2.24) is 15.0 Å². The molecule has 0 aliphatic heterocycles. The van der Waals surface area contributed by atoms with Crippen molar-refractivity contribution in [2.75, 3.05) is 7.05 Å². The lowest BCUT2D eigenvalue weighted by atomic mass is 9.97. The van der Waals surface area contributed by atoms with Crippen LogP contribution in [0, 0.1) is 0 Å². The molecule has 138 valence electrons. The van der Waals surface area contributed by atoms with E-state index in [1.54, 1.807) is 22.7 Å². The van der Waals surface area contributed by atoms with Crippen molar-refractivity contribution in [3.63, 3.8) is 0 Å².